The van der Waals surface area contributed by atoms with Crippen molar-refractivity contribution >= 4 is 15.9 Å². The van der Waals surface area contributed by atoms with Crippen molar-refractivity contribution in [2.75, 3.05) is 6.54 Å². The fourth-order valence-electron chi connectivity index (χ4n) is 3.07. The Morgan fingerprint density at radius 3 is 2.71 bits per heavy atom. The fourth-order valence-corrected chi connectivity index (χ4v) is 4.43. The number of carbonyl (C=O) groups excluding carboxylic acids is 1. The molecular formula is C17H25FN2O3S. The maximum atomic E-state index is 14.0. The van der Waals surface area contributed by atoms with Gasteiger partial charge in [0.15, 0.2) is 0 Å². The number of halogens is 1. The molecule has 1 amide bonds. The summed E-state index contributed by atoms with van der Waals surface area (Å²) in [5, 5.41) is 0. The van der Waals surface area contributed by atoms with Gasteiger partial charge in [0, 0.05) is 24.2 Å². The third-order valence-electron chi connectivity index (χ3n) is 4.22. The number of sulfonamides is 1. The van der Waals surface area contributed by atoms with Gasteiger partial charge in [0.2, 0.25) is 10.0 Å². The maximum Gasteiger partial charge on any atom is 0.254 e. The van der Waals surface area contributed by atoms with E-state index >= 15 is 0 Å². The number of rotatable bonds is 5. The molecule has 24 heavy (non-hydrogen) atoms. The second-order valence-corrected chi connectivity index (χ2v) is 8.16. The molecule has 7 heteroatoms. The molecule has 1 atom stereocenters. The monoisotopic (exact) mass is 356 g/mol. The van der Waals surface area contributed by atoms with Gasteiger partial charge in [-0.2, -0.15) is 0 Å². The van der Waals surface area contributed by atoms with Crippen molar-refractivity contribution in [1.82, 2.24) is 9.62 Å². The predicted molar refractivity (Wildman–Crippen MR) is 90.8 cm³/mol. The average Bonchev–Trinajstić information content (AvgIpc) is 2.53. The van der Waals surface area contributed by atoms with Gasteiger partial charge < -0.3 is 4.90 Å². The lowest BCUT2D eigenvalue weighted by molar-refractivity contribution is 0.0607. The molecule has 1 aliphatic rings. The summed E-state index contributed by atoms with van der Waals surface area (Å²) >= 11 is 0. The molecule has 134 valence electrons. The SMILES string of the molecule is CCC1CCCCN1C(=O)c1ccc(F)c(S(=O)(=O)NC(C)C)c1. The Hall–Kier alpha value is -1.47. The topological polar surface area (TPSA) is 66.5 Å². The van der Waals surface area contributed by atoms with Crippen molar-refractivity contribution in [1.29, 1.82) is 0 Å². The predicted octanol–water partition coefficient (Wildman–Crippen LogP) is 2.92. The van der Waals surface area contributed by atoms with Gasteiger partial charge in [-0.25, -0.2) is 17.5 Å². The fraction of sp³-hybridized carbons (Fsp3) is 0.588. The Bertz CT molecular complexity index is 704. The highest BCUT2D eigenvalue weighted by atomic mass is 32.2. The molecule has 0 saturated carbocycles. The van der Waals surface area contributed by atoms with E-state index in [1.54, 1.807) is 18.7 Å². The number of hydrogen-bond acceptors (Lipinski definition) is 3. The van der Waals surface area contributed by atoms with Gasteiger partial charge >= 0.3 is 0 Å². The molecule has 1 fully saturated rings. The number of amides is 1. The van der Waals surface area contributed by atoms with Crippen molar-refractivity contribution in [3.05, 3.63) is 29.6 Å². The second kappa shape index (κ2) is 7.61. The summed E-state index contributed by atoms with van der Waals surface area (Å²) in [6.45, 7) is 6.00. The summed E-state index contributed by atoms with van der Waals surface area (Å²) < 4.78 is 40.9. The molecule has 0 spiro atoms. The summed E-state index contributed by atoms with van der Waals surface area (Å²) in [4.78, 5) is 14.1. The lowest BCUT2D eigenvalue weighted by Gasteiger charge is -2.35. The highest BCUT2D eigenvalue weighted by Gasteiger charge is 2.28. The quantitative estimate of drug-likeness (QED) is 0.882. The van der Waals surface area contributed by atoms with E-state index in [4.69, 9.17) is 0 Å². The van der Waals surface area contributed by atoms with Gasteiger partial charge in [0.05, 0.1) is 0 Å². The molecule has 1 saturated heterocycles. The highest BCUT2D eigenvalue weighted by molar-refractivity contribution is 7.89. The molecule has 0 bridgehead atoms. The molecule has 1 aromatic rings. The van der Waals surface area contributed by atoms with Crippen LogP contribution in [0.4, 0.5) is 4.39 Å². The Labute approximate surface area is 143 Å². The first-order chi connectivity index (χ1) is 11.3. The summed E-state index contributed by atoms with van der Waals surface area (Å²) in [5.74, 6) is -1.09. The zero-order valence-electron chi connectivity index (χ0n) is 14.4. The minimum absolute atomic E-state index is 0.158. The van der Waals surface area contributed by atoms with Crippen LogP contribution in [-0.2, 0) is 10.0 Å². The molecule has 0 radical (unpaired) electrons. The molecule has 2 rings (SSSR count). The smallest absolute Gasteiger partial charge is 0.254 e. The van der Waals surface area contributed by atoms with Crippen LogP contribution >= 0.6 is 0 Å². The van der Waals surface area contributed by atoms with E-state index in [1.165, 1.54) is 6.07 Å². The lowest BCUT2D eigenvalue weighted by Crippen LogP contribution is -2.43. The largest absolute Gasteiger partial charge is 0.336 e. The number of nitrogens with zero attached hydrogens (tertiary/aromatic N) is 1. The molecular weight excluding hydrogens is 331 g/mol. The van der Waals surface area contributed by atoms with Crippen LogP contribution in [0.25, 0.3) is 0 Å². The van der Waals surface area contributed by atoms with Crippen LogP contribution in [0.15, 0.2) is 23.1 Å². The zero-order chi connectivity index (χ0) is 17.9. The maximum absolute atomic E-state index is 14.0. The van der Waals surface area contributed by atoms with Crippen LogP contribution in [0.1, 0.15) is 56.8 Å². The average molecular weight is 356 g/mol. The van der Waals surface area contributed by atoms with Gasteiger partial charge in [-0.05, 0) is 57.7 Å². The minimum atomic E-state index is -3.99. The van der Waals surface area contributed by atoms with E-state index in [2.05, 4.69) is 4.72 Å². The minimum Gasteiger partial charge on any atom is -0.336 e. The molecule has 1 heterocycles. The number of piperidine rings is 1. The van der Waals surface area contributed by atoms with Crippen LogP contribution < -0.4 is 4.72 Å². The Morgan fingerprint density at radius 2 is 2.08 bits per heavy atom. The Kier molecular flexibility index (Phi) is 5.98. The van der Waals surface area contributed by atoms with E-state index in [1.807, 2.05) is 6.92 Å². The number of benzene rings is 1. The van der Waals surface area contributed by atoms with Crippen LogP contribution in [0, 0.1) is 5.82 Å². The second-order valence-electron chi connectivity index (χ2n) is 6.48. The van der Waals surface area contributed by atoms with Gasteiger partial charge in [0.25, 0.3) is 5.91 Å². The van der Waals surface area contributed by atoms with Crippen LogP contribution in [0.2, 0.25) is 0 Å². The third-order valence-corrected chi connectivity index (χ3v) is 5.89. The number of nitrogens with one attached hydrogen (secondary N) is 1. The number of carbonyl (C=O) groups is 1. The number of likely N-dealkylation sites (tertiary alicyclic amines) is 1. The first kappa shape index (κ1) is 18.9. The van der Waals surface area contributed by atoms with Gasteiger partial charge in [-0.1, -0.05) is 6.92 Å². The van der Waals surface area contributed by atoms with E-state index in [0.717, 1.165) is 37.8 Å². The lowest BCUT2D eigenvalue weighted by atomic mass is 9.99. The highest BCUT2D eigenvalue weighted by Crippen LogP contribution is 2.24. The van der Waals surface area contributed by atoms with Crippen molar-refractivity contribution in [3.8, 4) is 0 Å². The Balaban J connectivity index is 2.35. The van der Waals surface area contributed by atoms with Crippen molar-refractivity contribution in [2.45, 2.75) is 63.4 Å². The van der Waals surface area contributed by atoms with Crippen molar-refractivity contribution in [2.24, 2.45) is 0 Å². The summed E-state index contributed by atoms with van der Waals surface area (Å²) in [6, 6.07) is 3.34. The standard InChI is InChI=1S/C17H25FN2O3S/c1-4-14-7-5-6-10-20(14)17(21)13-8-9-15(18)16(11-13)24(22,23)19-12(2)3/h8-9,11-12,14,19H,4-7,10H2,1-3H3. The van der Waals surface area contributed by atoms with Crippen molar-refractivity contribution < 1.29 is 17.6 Å². The molecule has 0 aliphatic carbocycles. The van der Waals surface area contributed by atoms with Crippen LogP contribution in [0.3, 0.4) is 0 Å². The molecule has 0 aromatic heterocycles. The molecule has 1 aliphatic heterocycles. The number of hydrogen-bond donors (Lipinski definition) is 1. The summed E-state index contributed by atoms with van der Waals surface area (Å²) in [7, 11) is -3.99. The van der Waals surface area contributed by atoms with E-state index in [9.17, 15) is 17.6 Å². The van der Waals surface area contributed by atoms with Crippen LogP contribution in [0.5, 0.6) is 0 Å². The van der Waals surface area contributed by atoms with Gasteiger partial charge in [-0.15, -0.1) is 0 Å². The normalized spacial score (nSPS) is 18.9. The molecule has 1 unspecified atom stereocenters. The van der Waals surface area contributed by atoms with Crippen molar-refractivity contribution in [3.63, 3.8) is 0 Å². The molecule has 5 nitrogen and oxygen atoms in total. The summed E-state index contributed by atoms with van der Waals surface area (Å²) in [5.41, 5.74) is 0.209. The van der Waals surface area contributed by atoms with Gasteiger partial charge in [0.1, 0.15) is 10.7 Å². The Morgan fingerprint density at radius 1 is 1.38 bits per heavy atom. The van der Waals surface area contributed by atoms with Crippen LogP contribution in [-0.4, -0.2) is 37.9 Å². The first-order valence-corrected chi connectivity index (χ1v) is 9.87. The molecule has 1 N–H and O–H groups in total. The van der Waals surface area contributed by atoms with E-state index < -0.39 is 20.7 Å². The third kappa shape index (κ3) is 4.13. The van der Waals surface area contributed by atoms with E-state index in [-0.39, 0.29) is 23.6 Å². The summed E-state index contributed by atoms with van der Waals surface area (Å²) in [6.07, 6.45) is 3.82. The first-order valence-electron chi connectivity index (χ1n) is 8.39. The van der Waals surface area contributed by atoms with Gasteiger partial charge in [-0.3, -0.25) is 4.79 Å². The zero-order valence-corrected chi connectivity index (χ0v) is 15.2. The molecule has 1 aromatic carbocycles. The van der Waals surface area contributed by atoms with E-state index in [0.29, 0.717) is 6.54 Å².